The summed E-state index contributed by atoms with van der Waals surface area (Å²) in [7, 11) is 0. The first-order valence-corrected chi connectivity index (χ1v) is 10.7. The smallest absolute Gasteiger partial charge is 0.258 e. The van der Waals surface area contributed by atoms with E-state index in [4.69, 9.17) is 9.15 Å². The molecular weight excluding hydrogens is 406 g/mol. The van der Waals surface area contributed by atoms with Crippen LogP contribution in [0.5, 0.6) is 5.75 Å². The molecule has 0 atom stereocenters. The number of amides is 1. The summed E-state index contributed by atoms with van der Waals surface area (Å²) in [6.07, 6.45) is 1.29. The molecule has 1 aromatic heterocycles. The molecule has 0 spiro atoms. The van der Waals surface area contributed by atoms with Crippen LogP contribution in [0.1, 0.15) is 11.3 Å². The largest absolute Gasteiger partial charge is 0.477 e. The first-order chi connectivity index (χ1) is 15.7. The van der Waals surface area contributed by atoms with E-state index < -0.39 is 0 Å². The van der Waals surface area contributed by atoms with Gasteiger partial charge in [-0.3, -0.25) is 14.5 Å². The summed E-state index contributed by atoms with van der Waals surface area (Å²) in [6.45, 7) is 4.36. The van der Waals surface area contributed by atoms with Gasteiger partial charge >= 0.3 is 0 Å². The van der Waals surface area contributed by atoms with Crippen molar-refractivity contribution in [3.05, 3.63) is 94.5 Å². The zero-order chi connectivity index (χ0) is 22.2. The summed E-state index contributed by atoms with van der Waals surface area (Å²) in [5, 5.41) is 2.76. The summed E-state index contributed by atoms with van der Waals surface area (Å²) >= 11 is 0. The normalized spacial score (nSPS) is 14.2. The molecule has 0 unspecified atom stereocenters. The molecule has 2 heterocycles. The number of rotatable bonds is 8. The predicted octanol–water partition coefficient (Wildman–Crippen LogP) is 2.66. The van der Waals surface area contributed by atoms with Gasteiger partial charge in [0.05, 0.1) is 6.54 Å². The number of ether oxygens (including phenoxy) is 1. The minimum atomic E-state index is -0.298. The van der Waals surface area contributed by atoms with E-state index in [9.17, 15) is 9.59 Å². The Balaban J connectivity index is 1.23. The highest BCUT2D eigenvalue weighted by atomic mass is 16.5. The van der Waals surface area contributed by atoms with Gasteiger partial charge in [0.2, 0.25) is 11.2 Å². The lowest BCUT2D eigenvalue weighted by Crippen LogP contribution is -2.46. The van der Waals surface area contributed by atoms with Gasteiger partial charge in [-0.15, -0.1) is 0 Å². The van der Waals surface area contributed by atoms with E-state index in [1.807, 2.05) is 48.5 Å². The van der Waals surface area contributed by atoms with Crippen LogP contribution in [-0.2, 0) is 17.9 Å². The molecule has 1 fully saturated rings. The second kappa shape index (κ2) is 10.6. The Morgan fingerprint density at radius 2 is 1.66 bits per heavy atom. The predicted molar refractivity (Wildman–Crippen MR) is 123 cm³/mol. The topological polar surface area (TPSA) is 75.0 Å². The zero-order valence-electron chi connectivity index (χ0n) is 17.9. The molecular formula is C25H27N3O4. The maximum absolute atomic E-state index is 12.4. The van der Waals surface area contributed by atoms with E-state index in [0.717, 1.165) is 31.7 Å². The van der Waals surface area contributed by atoms with Crippen molar-refractivity contribution in [3.63, 3.8) is 0 Å². The Morgan fingerprint density at radius 1 is 0.969 bits per heavy atom. The third kappa shape index (κ3) is 5.98. The van der Waals surface area contributed by atoms with Gasteiger partial charge in [0, 0.05) is 44.5 Å². The van der Waals surface area contributed by atoms with E-state index in [2.05, 4.69) is 27.2 Å². The molecule has 0 radical (unpaired) electrons. The molecule has 3 aromatic rings. The highest BCUT2D eigenvalue weighted by molar-refractivity contribution is 5.77. The molecule has 0 saturated carbocycles. The van der Waals surface area contributed by atoms with Crippen LogP contribution in [0.2, 0.25) is 0 Å². The van der Waals surface area contributed by atoms with Crippen molar-refractivity contribution in [2.24, 2.45) is 0 Å². The summed E-state index contributed by atoms with van der Waals surface area (Å²) in [6, 6.07) is 21.4. The minimum Gasteiger partial charge on any atom is -0.477 e. The molecule has 4 rings (SSSR count). The molecule has 166 valence electrons. The second-order valence-corrected chi connectivity index (χ2v) is 7.72. The first-order valence-electron chi connectivity index (χ1n) is 10.7. The molecule has 1 N–H and O–H groups in total. The first kappa shape index (κ1) is 21.6. The molecule has 1 amide bonds. The van der Waals surface area contributed by atoms with Crippen LogP contribution in [0.25, 0.3) is 0 Å². The number of carbonyl (C=O) groups excluding carboxylic acids is 1. The number of benzene rings is 2. The van der Waals surface area contributed by atoms with Crippen LogP contribution in [0.3, 0.4) is 0 Å². The Morgan fingerprint density at radius 3 is 2.34 bits per heavy atom. The number of para-hydroxylation sites is 1. The average molecular weight is 434 g/mol. The highest BCUT2D eigenvalue weighted by Gasteiger charge is 2.18. The van der Waals surface area contributed by atoms with Crippen molar-refractivity contribution in [2.75, 3.05) is 37.7 Å². The van der Waals surface area contributed by atoms with Crippen molar-refractivity contribution in [1.29, 1.82) is 0 Å². The molecule has 1 aliphatic heterocycles. The summed E-state index contributed by atoms with van der Waals surface area (Å²) < 4.78 is 11.0. The number of nitrogens with one attached hydrogen (secondary N) is 1. The van der Waals surface area contributed by atoms with Crippen LogP contribution < -0.4 is 20.4 Å². The standard InChI is InChI=1S/C25H27N3O4/c29-23-15-22(17-27-11-13-28(14-12-27)21-9-5-2-6-10-21)31-18-24(23)32-19-25(30)26-16-20-7-3-1-4-8-20/h1-10,15,18H,11-14,16-17,19H2,(H,26,30). The van der Waals surface area contributed by atoms with Gasteiger partial charge in [-0.2, -0.15) is 0 Å². The van der Waals surface area contributed by atoms with E-state index in [0.29, 0.717) is 18.8 Å². The van der Waals surface area contributed by atoms with Crippen LogP contribution in [0.15, 0.2) is 82.2 Å². The third-order valence-electron chi connectivity index (χ3n) is 5.42. The molecule has 7 heteroatoms. The lowest BCUT2D eigenvalue weighted by atomic mass is 10.2. The minimum absolute atomic E-state index is 0.0394. The molecule has 2 aromatic carbocycles. The van der Waals surface area contributed by atoms with Gasteiger partial charge < -0.3 is 19.4 Å². The molecule has 1 aliphatic rings. The SMILES string of the molecule is O=C(COc1coc(CN2CCN(c3ccccc3)CC2)cc1=O)NCc1ccccc1. The highest BCUT2D eigenvalue weighted by Crippen LogP contribution is 2.17. The Hall–Kier alpha value is -3.58. The number of nitrogens with zero attached hydrogens (tertiary/aromatic N) is 2. The number of carbonyl (C=O) groups is 1. The summed E-state index contributed by atoms with van der Waals surface area (Å²) in [4.78, 5) is 29.0. The zero-order valence-corrected chi connectivity index (χ0v) is 17.9. The van der Waals surface area contributed by atoms with Crippen molar-refractivity contribution in [1.82, 2.24) is 10.2 Å². The Labute approximate surface area is 187 Å². The van der Waals surface area contributed by atoms with Gasteiger partial charge in [-0.25, -0.2) is 0 Å². The summed E-state index contributed by atoms with van der Waals surface area (Å²) in [5.41, 5.74) is 1.94. The monoisotopic (exact) mass is 433 g/mol. The van der Waals surface area contributed by atoms with E-state index in [1.165, 1.54) is 18.0 Å². The number of hydrogen-bond donors (Lipinski definition) is 1. The van der Waals surface area contributed by atoms with E-state index in [-0.39, 0.29) is 23.7 Å². The van der Waals surface area contributed by atoms with Crippen molar-refractivity contribution in [2.45, 2.75) is 13.1 Å². The van der Waals surface area contributed by atoms with Gasteiger partial charge in [-0.1, -0.05) is 48.5 Å². The van der Waals surface area contributed by atoms with Gasteiger partial charge in [0.1, 0.15) is 12.0 Å². The van der Waals surface area contributed by atoms with Crippen molar-refractivity contribution >= 4 is 11.6 Å². The fourth-order valence-electron chi connectivity index (χ4n) is 3.64. The summed E-state index contributed by atoms with van der Waals surface area (Å²) in [5.74, 6) is 0.329. The molecule has 7 nitrogen and oxygen atoms in total. The van der Waals surface area contributed by atoms with Crippen LogP contribution in [0.4, 0.5) is 5.69 Å². The molecule has 1 saturated heterocycles. The quantitative estimate of drug-likeness (QED) is 0.589. The number of anilines is 1. The number of piperazine rings is 1. The van der Waals surface area contributed by atoms with Crippen LogP contribution in [0, 0.1) is 0 Å². The lowest BCUT2D eigenvalue weighted by molar-refractivity contribution is -0.123. The fourth-order valence-corrected chi connectivity index (χ4v) is 3.64. The molecule has 32 heavy (non-hydrogen) atoms. The van der Waals surface area contributed by atoms with Gasteiger partial charge in [0.15, 0.2) is 6.61 Å². The molecule has 0 aliphatic carbocycles. The lowest BCUT2D eigenvalue weighted by Gasteiger charge is -2.35. The maximum atomic E-state index is 12.4. The van der Waals surface area contributed by atoms with E-state index >= 15 is 0 Å². The van der Waals surface area contributed by atoms with Gasteiger partial charge in [-0.05, 0) is 17.7 Å². The van der Waals surface area contributed by atoms with Crippen LogP contribution in [-0.4, -0.2) is 43.6 Å². The molecule has 0 bridgehead atoms. The van der Waals surface area contributed by atoms with Crippen LogP contribution >= 0.6 is 0 Å². The third-order valence-corrected chi connectivity index (χ3v) is 5.42. The number of hydrogen-bond acceptors (Lipinski definition) is 6. The second-order valence-electron chi connectivity index (χ2n) is 7.72. The van der Waals surface area contributed by atoms with Crippen molar-refractivity contribution in [3.8, 4) is 5.75 Å². The van der Waals surface area contributed by atoms with E-state index in [1.54, 1.807) is 0 Å². The maximum Gasteiger partial charge on any atom is 0.258 e. The fraction of sp³-hybridized carbons (Fsp3) is 0.280. The Bertz CT molecular complexity index is 1060. The van der Waals surface area contributed by atoms with Crippen molar-refractivity contribution < 1.29 is 13.9 Å². The van der Waals surface area contributed by atoms with Gasteiger partial charge in [0.25, 0.3) is 5.91 Å². The average Bonchev–Trinajstić information content (AvgIpc) is 2.84. The Kier molecular flexibility index (Phi) is 7.19.